The zero-order chi connectivity index (χ0) is 22.9. The largest absolute Gasteiger partial charge is 0.508 e. The van der Waals surface area contributed by atoms with E-state index in [0.717, 1.165) is 31.5 Å². The molecule has 2 aromatic carbocycles. The van der Waals surface area contributed by atoms with Crippen molar-refractivity contribution in [2.75, 3.05) is 26.7 Å². The number of hydrogen-bond donors (Lipinski definition) is 2. The lowest BCUT2D eigenvalue weighted by Gasteiger charge is -2.56. The Balaban J connectivity index is 1.73. The Bertz CT molecular complexity index is 932. The fourth-order valence-corrected chi connectivity index (χ4v) is 5.93. The van der Waals surface area contributed by atoms with Gasteiger partial charge in [0.15, 0.2) is 0 Å². The summed E-state index contributed by atoms with van der Waals surface area (Å²) in [4.78, 5) is 17.9. The standard InChI is InChI=1S/C27H36N2O3/c1-19(2)17-29(26(32)20-8-5-4-6-9-20)22-15-25(31)24-18-28(3)13-12-27(24,16-22)21-10-7-11-23(30)14-21/h4-11,14,19,22,24-25,30-31H,12-13,15-18H2,1-3H3/t22-,24?,25?,27?/m1/s1. The fraction of sp³-hybridized carbons (Fsp3) is 0.519. The zero-order valence-corrected chi connectivity index (χ0v) is 19.4. The number of benzene rings is 2. The molecule has 2 fully saturated rings. The van der Waals surface area contributed by atoms with Crippen LogP contribution in [0.3, 0.4) is 0 Å². The van der Waals surface area contributed by atoms with Crippen LogP contribution >= 0.6 is 0 Å². The van der Waals surface area contributed by atoms with Crippen LogP contribution in [0.2, 0.25) is 0 Å². The lowest BCUT2D eigenvalue weighted by atomic mass is 9.56. The van der Waals surface area contributed by atoms with Gasteiger partial charge in [0.2, 0.25) is 0 Å². The number of nitrogens with zero attached hydrogens (tertiary/aromatic N) is 2. The number of phenols is 1. The summed E-state index contributed by atoms with van der Waals surface area (Å²) in [7, 11) is 2.11. The number of aliphatic hydroxyl groups excluding tert-OH is 1. The van der Waals surface area contributed by atoms with Gasteiger partial charge in [-0.1, -0.05) is 44.2 Å². The lowest BCUT2D eigenvalue weighted by molar-refractivity contribution is -0.0606. The molecule has 2 aromatic rings. The summed E-state index contributed by atoms with van der Waals surface area (Å²) in [5.41, 5.74) is 1.51. The number of fused-ring (bicyclic) bond motifs is 1. The van der Waals surface area contributed by atoms with E-state index in [1.807, 2.05) is 47.4 Å². The quantitative estimate of drug-likeness (QED) is 0.746. The first-order valence-electron chi connectivity index (χ1n) is 11.8. The van der Waals surface area contributed by atoms with Crippen LogP contribution in [0, 0.1) is 11.8 Å². The second-order valence-electron chi connectivity index (χ2n) is 10.2. The molecule has 1 aliphatic heterocycles. The van der Waals surface area contributed by atoms with Crippen molar-refractivity contribution in [3.05, 3.63) is 65.7 Å². The maximum atomic E-state index is 13.6. The second kappa shape index (κ2) is 9.24. The molecule has 0 radical (unpaired) electrons. The Morgan fingerprint density at radius 1 is 1.19 bits per heavy atom. The normalized spacial score (nSPS) is 28.3. The van der Waals surface area contributed by atoms with Crippen molar-refractivity contribution in [2.45, 2.75) is 50.7 Å². The van der Waals surface area contributed by atoms with E-state index in [0.29, 0.717) is 24.4 Å². The van der Waals surface area contributed by atoms with Crippen molar-refractivity contribution >= 4 is 5.91 Å². The molecule has 1 saturated heterocycles. The van der Waals surface area contributed by atoms with Crippen LogP contribution in [-0.2, 0) is 5.41 Å². The maximum absolute atomic E-state index is 13.6. The lowest BCUT2D eigenvalue weighted by Crippen LogP contribution is -2.61. The molecule has 0 bridgehead atoms. The molecule has 1 amide bonds. The molecule has 2 N–H and O–H groups in total. The Hall–Kier alpha value is -2.37. The van der Waals surface area contributed by atoms with Crippen molar-refractivity contribution in [2.24, 2.45) is 11.8 Å². The number of likely N-dealkylation sites (tertiary alicyclic amines) is 1. The number of piperidine rings is 1. The number of carbonyl (C=O) groups excluding carboxylic acids is 1. The minimum atomic E-state index is -0.503. The van der Waals surface area contributed by atoms with Gasteiger partial charge in [0.1, 0.15) is 5.75 Å². The summed E-state index contributed by atoms with van der Waals surface area (Å²) in [6.07, 6.45) is 1.79. The molecular weight excluding hydrogens is 400 g/mol. The number of hydrogen-bond acceptors (Lipinski definition) is 4. The van der Waals surface area contributed by atoms with Crippen molar-refractivity contribution < 1.29 is 15.0 Å². The first-order chi connectivity index (χ1) is 15.3. The van der Waals surface area contributed by atoms with E-state index in [2.05, 4.69) is 31.9 Å². The SMILES string of the molecule is CC(C)CN(C(=O)c1ccccc1)[C@@H]1CC(O)C2CN(C)CCC2(c2cccc(O)c2)C1. The molecule has 5 heteroatoms. The van der Waals surface area contributed by atoms with Gasteiger partial charge >= 0.3 is 0 Å². The highest BCUT2D eigenvalue weighted by Gasteiger charge is 2.53. The first-order valence-corrected chi connectivity index (χ1v) is 11.8. The van der Waals surface area contributed by atoms with Gasteiger partial charge in [0.25, 0.3) is 5.91 Å². The summed E-state index contributed by atoms with van der Waals surface area (Å²) in [6.45, 7) is 6.68. The molecule has 172 valence electrons. The van der Waals surface area contributed by atoms with Crippen LogP contribution in [0.4, 0.5) is 0 Å². The van der Waals surface area contributed by atoms with Gasteiger partial charge in [-0.15, -0.1) is 0 Å². The topological polar surface area (TPSA) is 64.0 Å². The van der Waals surface area contributed by atoms with Gasteiger partial charge in [-0.05, 0) is 68.6 Å². The Morgan fingerprint density at radius 3 is 2.62 bits per heavy atom. The third-order valence-electron chi connectivity index (χ3n) is 7.44. The number of amides is 1. The van der Waals surface area contributed by atoms with Crippen molar-refractivity contribution in [3.63, 3.8) is 0 Å². The molecule has 32 heavy (non-hydrogen) atoms. The van der Waals surface area contributed by atoms with Gasteiger partial charge in [-0.25, -0.2) is 0 Å². The van der Waals surface area contributed by atoms with E-state index in [4.69, 9.17) is 0 Å². The second-order valence-corrected chi connectivity index (χ2v) is 10.2. The van der Waals surface area contributed by atoms with Crippen LogP contribution in [0.25, 0.3) is 0 Å². The Labute approximate surface area is 191 Å². The average molecular weight is 437 g/mol. The number of phenolic OH excluding ortho intramolecular Hbond substituents is 1. The van der Waals surface area contributed by atoms with Gasteiger partial charge in [0.05, 0.1) is 6.10 Å². The summed E-state index contributed by atoms with van der Waals surface area (Å²) < 4.78 is 0. The van der Waals surface area contributed by atoms with Crippen LogP contribution in [0.5, 0.6) is 5.75 Å². The van der Waals surface area contributed by atoms with E-state index < -0.39 is 6.10 Å². The predicted molar refractivity (Wildman–Crippen MR) is 127 cm³/mol. The Morgan fingerprint density at radius 2 is 1.94 bits per heavy atom. The molecule has 4 atom stereocenters. The molecule has 5 nitrogen and oxygen atoms in total. The highest BCUT2D eigenvalue weighted by atomic mass is 16.3. The van der Waals surface area contributed by atoms with Crippen molar-refractivity contribution in [1.82, 2.24) is 9.80 Å². The molecule has 4 rings (SSSR count). The van der Waals surface area contributed by atoms with E-state index in [1.54, 1.807) is 6.07 Å². The van der Waals surface area contributed by atoms with Crippen LogP contribution in [0.15, 0.2) is 54.6 Å². The monoisotopic (exact) mass is 436 g/mol. The summed E-state index contributed by atoms with van der Waals surface area (Å²) in [5.74, 6) is 0.693. The molecule has 0 aromatic heterocycles. The van der Waals surface area contributed by atoms with Crippen LogP contribution in [0.1, 0.15) is 49.0 Å². The van der Waals surface area contributed by atoms with Gasteiger partial charge in [-0.2, -0.15) is 0 Å². The molecule has 2 aliphatic rings. The highest BCUT2D eigenvalue weighted by Crippen LogP contribution is 2.50. The van der Waals surface area contributed by atoms with Gasteiger partial charge < -0.3 is 20.0 Å². The molecule has 1 heterocycles. The van der Waals surface area contributed by atoms with Crippen LogP contribution < -0.4 is 0 Å². The Kier molecular flexibility index (Phi) is 6.59. The van der Waals surface area contributed by atoms with E-state index in [9.17, 15) is 15.0 Å². The summed E-state index contributed by atoms with van der Waals surface area (Å²) in [6, 6.07) is 17.0. The minimum Gasteiger partial charge on any atom is -0.508 e. The van der Waals surface area contributed by atoms with Gasteiger partial charge in [-0.3, -0.25) is 4.79 Å². The summed E-state index contributed by atoms with van der Waals surface area (Å²) in [5, 5.41) is 21.6. The predicted octanol–water partition coefficient (Wildman–Crippen LogP) is 3.90. The van der Waals surface area contributed by atoms with Crippen LogP contribution in [-0.4, -0.2) is 64.7 Å². The molecule has 3 unspecified atom stereocenters. The number of rotatable bonds is 5. The van der Waals surface area contributed by atoms with E-state index in [1.165, 1.54) is 0 Å². The minimum absolute atomic E-state index is 0.0361. The zero-order valence-electron chi connectivity index (χ0n) is 19.4. The molecule has 1 aliphatic carbocycles. The fourth-order valence-electron chi connectivity index (χ4n) is 5.93. The third-order valence-corrected chi connectivity index (χ3v) is 7.44. The molecule has 1 saturated carbocycles. The smallest absolute Gasteiger partial charge is 0.254 e. The van der Waals surface area contributed by atoms with Crippen molar-refractivity contribution in [1.29, 1.82) is 0 Å². The first kappa shape index (κ1) is 22.8. The van der Waals surface area contributed by atoms with E-state index in [-0.39, 0.29) is 29.0 Å². The molecular formula is C27H36N2O3. The number of aliphatic hydroxyl groups is 1. The third kappa shape index (κ3) is 4.41. The average Bonchev–Trinajstić information content (AvgIpc) is 2.78. The summed E-state index contributed by atoms with van der Waals surface area (Å²) >= 11 is 0. The maximum Gasteiger partial charge on any atom is 0.254 e. The number of aromatic hydroxyl groups is 1. The highest BCUT2D eigenvalue weighted by molar-refractivity contribution is 5.94. The van der Waals surface area contributed by atoms with Gasteiger partial charge in [0, 0.05) is 36.0 Å². The van der Waals surface area contributed by atoms with E-state index >= 15 is 0 Å². The molecule has 0 spiro atoms. The van der Waals surface area contributed by atoms with Crippen molar-refractivity contribution in [3.8, 4) is 5.75 Å². The number of carbonyl (C=O) groups is 1.